The molecule has 1 unspecified atom stereocenters. The molecule has 0 N–H and O–H groups in total. The zero-order valence-electron chi connectivity index (χ0n) is 10.0. The molecule has 1 aromatic carbocycles. The Labute approximate surface area is 97.2 Å². The third-order valence-corrected chi connectivity index (χ3v) is 3.48. The second-order valence-electron chi connectivity index (χ2n) is 4.83. The lowest BCUT2D eigenvalue weighted by molar-refractivity contribution is -0.116. The van der Waals surface area contributed by atoms with E-state index in [0.717, 1.165) is 18.4 Å². The quantitative estimate of drug-likeness (QED) is 0.651. The maximum atomic E-state index is 11.4. The molecule has 0 spiro atoms. The Morgan fingerprint density at radius 3 is 2.75 bits per heavy atom. The van der Waals surface area contributed by atoms with Crippen molar-refractivity contribution in [3.63, 3.8) is 0 Å². The van der Waals surface area contributed by atoms with E-state index in [0.29, 0.717) is 12.3 Å². The molecule has 1 nitrogen and oxygen atoms in total. The molecule has 16 heavy (non-hydrogen) atoms. The lowest BCUT2D eigenvalue weighted by atomic mass is 9.79. The minimum atomic E-state index is 0.251. The monoisotopic (exact) mass is 214 g/mol. The highest BCUT2D eigenvalue weighted by molar-refractivity contribution is 5.95. The van der Waals surface area contributed by atoms with Crippen LogP contribution in [0.15, 0.2) is 30.4 Å². The van der Waals surface area contributed by atoms with E-state index in [2.05, 4.69) is 38.6 Å². The van der Waals surface area contributed by atoms with Crippen LogP contribution in [-0.2, 0) is 4.79 Å². The number of aryl methyl sites for hydroxylation is 2. The maximum Gasteiger partial charge on any atom is 0.158 e. The molecule has 1 atom stereocenters. The fraction of sp³-hybridized carbons (Fsp3) is 0.400. The highest BCUT2D eigenvalue weighted by Crippen LogP contribution is 2.35. The standard InChI is InChI=1S/C15H18O/c1-10-4-5-11(2)14(8-10)13-6-7-15(16)12(3)9-13/h4-5,8,13H,3,6-7,9H2,1-2H3. The van der Waals surface area contributed by atoms with Crippen molar-refractivity contribution < 1.29 is 4.79 Å². The van der Waals surface area contributed by atoms with Gasteiger partial charge in [-0.3, -0.25) is 4.79 Å². The molecule has 1 saturated carbocycles. The fourth-order valence-electron chi connectivity index (χ4n) is 2.46. The van der Waals surface area contributed by atoms with Gasteiger partial charge in [-0.05, 0) is 49.3 Å². The van der Waals surface area contributed by atoms with Crippen LogP contribution in [0.25, 0.3) is 0 Å². The van der Waals surface area contributed by atoms with Crippen LogP contribution in [0.3, 0.4) is 0 Å². The van der Waals surface area contributed by atoms with Gasteiger partial charge in [0, 0.05) is 6.42 Å². The summed E-state index contributed by atoms with van der Waals surface area (Å²) in [7, 11) is 0. The van der Waals surface area contributed by atoms with Crippen LogP contribution in [0.1, 0.15) is 41.9 Å². The molecule has 1 aliphatic rings. The van der Waals surface area contributed by atoms with Gasteiger partial charge >= 0.3 is 0 Å². The average Bonchev–Trinajstić information content (AvgIpc) is 2.26. The number of hydrogen-bond donors (Lipinski definition) is 0. The molecule has 0 amide bonds. The molecular formula is C15H18O. The molecule has 84 valence electrons. The summed E-state index contributed by atoms with van der Waals surface area (Å²) in [6.45, 7) is 8.14. The number of hydrogen-bond acceptors (Lipinski definition) is 1. The summed E-state index contributed by atoms with van der Waals surface area (Å²) >= 11 is 0. The first kappa shape index (κ1) is 11.1. The first-order valence-electron chi connectivity index (χ1n) is 5.86. The largest absolute Gasteiger partial charge is 0.295 e. The summed E-state index contributed by atoms with van der Waals surface area (Å²) in [5.74, 6) is 0.742. The van der Waals surface area contributed by atoms with Crippen LogP contribution in [0, 0.1) is 13.8 Å². The van der Waals surface area contributed by atoms with Gasteiger partial charge in [0.15, 0.2) is 5.78 Å². The summed E-state index contributed by atoms with van der Waals surface area (Å²) in [5.41, 5.74) is 4.83. The number of benzene rings is 1. The summed E-state index contributed by atoms with van der Waals surface area (Å²) in [5, 5.41) is 0. The van der Waals surface area contributed by atoms with Crippen LogP contribution < -0.4 is 0 Å². The van der Waals surface area contributed by atoms with Gasteiger partial charge in [0.2, 0.25) is 0 Å². The molecule has 1 aliphatic carbocycles. The highest BCUT2D eigenvalue weighted by Gasteiger charge is 2.24. The predicted octanol–water partition coefficient (Wildman–Crippen LogP) is 3.70. The Kier molecular flexibility index (Phi) is 2.95. The van der Waals surface area contributed by atoms with Crippen LogP contribution in [0.5, 0.6) is 0 Å². The lowest BCUT2D eigenvalue weighted by Gasteiger charge is -2.24. The van der Waals surface area contributed by atoms with E-state index in [9.17, 15) is 4.79 Å². The molecular weight excluding hydrogens is 196 g/mol. The predicted molar refractivity (Wildman–Crippen MR) is 66.7 cm³/mol. The van der Waals surface area contributed by atoms with Crippen molar-refractivity contribution in [2.24, 2.45) is 0 Å². The van der Waals surface area contributed by atoms with Crippen molar-refractivity contribution in [3.05, 3.63) is 47.0 Å². The van der Waals surface area contributed by atoms with Gasteiger partial charge in [0.25, 0.3) is 0 Å². The summed E-state index contributed by atoms with van der Waals surface area (Å²) in [4.78, 5) is 11.4. The van der Waals surface area contributed by atoms with Crippen molar-refractivity contribution in [1.82, 2.24) is 0 Å². The Morgan fingerprint density at radius 2 is 2.06 bits per heavy atom. The van der Waals surface area contributed by atoms with Gasteiger partial charge < -0.3 is 0 Å². The van der Waals surface area contributed by atoms with Crippen molar-refractivity contribution in [1.29, 1.82) is 0 Å². The minimum absolute atomic E-state index is 0.251. The normalized spacial score (nSPS) is 21.2. The van der Waals surface area contributed by atoms with Crippen molar-refractivity contribution in [3.8, 4) is 0 Å². The molecule has 0 aromatic heterocycles. The lowest BCUT2D eigenvalue weighted by Crippen LogP contribution is -2.15. The second kappa shape index (κ2) is 4.25. The highest BCUT2D eigenvalue weighted by atomic mass is 16.1. The van der Waals surface area contributed by atoms with Crippen LogP contribution in [0.2, 0.25) is 0 Å². The molecule has 1 heteroatoms. The zero-order valence-corrected chi connectivity index (χ0v) is 10.0. The van der Waals surface area contributed by atoms with Gasteiger partial charge in [0.05, 0.1) is 0 Å². The van der Waals surface area contributed by atoms with Gasteiger partial charge in [-0.2, -0.15) is 0 Å². The number of carbonyl (C=O) groups excluding carboxylic acids is 1. The summed E-state index contributed by atoms with van der Waals surface area (Å²) < 4.78 is 0. The Bertz CT molecular complexity index is 443. The molecule has 0 saturated heterocycles. The first-order valence-corrected chi connectivity index (χ1v) is 5.86. The second-order valence-corrected chi connectivity index (χ2v) is 4.83. The maximum absolute atomic E-state index is 11.4. The number of carbonyl (C=O) groups is 1. The fourth-order valence-corrected chi connectivity index (χ4v) is 2.46. The average molecular weight is 214 g/mol. The van der Waals surface area contributed by atoms with E-state index >= 15 is 0 Å². The van der Waals surface area contributed by atoms with E-state index in [4.69, 9.17) is 0 Å². The molecule has 0 bridgehead atoms. The van der Waals surface area contributed by atoms with Crippen molar-refractivity contribution >= 4 is 5.78 Å². The van der Waals surface area contributed by atoms with Crippen LogP contribution in [0.4, 0.5) is 0 Å². The topological polar surface area (TPSA) is 17.1 Å². The smallest absolute Gasteiger partial charge is 0.158 e. The Balaban J connectivity index is 2.28. The third kappa shape index (κ3) is 2.08. The van der Waals surface area contributed by atoms with E-state index in [-0.39, 0.29) is 5.78 Å². The first-order chi connectivity index (χ1) is 7.58. The molecule has 0 heterocycles. The van der Waals surface area contributed by atoms with E-state index in [1.807, 2.05) is 0 Å². The number of Topliss-reactive ketones (excluding diaryl/α,β-unsaturated/α-hetero) is 1. The molecule has 2 rings (SSSR count). The van der Waals surface area contributed by atoms with Crippen molar-refractivity contribution in [2.45, 2.75) is 39.0 Å². The van der Waals surface area contributed by atoms with E-state index < -0.39 is 0 Å². The van der Waals surface area contributed by atoms with Gasteiger partial charge in [-0.25, -0.2) is 0 Å². The molecule has 0 aliphatic heterocycles. The molecule has 1 aromatic rings. The number of ketones is 1. The minimum Gasteiger partial charge on any atom is -0.295 e. The number of rotatable bonds is 1. The Morgan fingerprint density at radius 1 is 1.31 bits per heavy atom. The van der Waals surface area contributed by atoms with Gasteiger partial charge in [-0.15, -0.1) is 0 Å². The van der Waals surface area contributed by atoms with Gasteiger partial charge in [-0.1, -0.05) is 30.3 Å². The third-order valence-electron chi connectivity index (χ3n) is 3.48. The van der Waals surface area contributed by atoms with E-state index in [1.54, 1.807) is 0 Å². The molecule has 1 fully saturated rings. The molecule has 0 radical (unpaired) electrons. The summed E-state index contributed by atoms with van der Waals surface area (Å²) in [6, 6.07) is 6.56. The SMILES string of the molecule is C=C1CC(c2cc(C)ccc2C)CCC1=O. The number of allylic oxidation sites excluding steroid dienone is 1. The van der Waals surface area contributed by atoms with Gasteiger partial charge in [0.1, 0.15) is 0 Å². The van der Waals surface area contributed by atoms with Crippen LogP contribution in [-0.4, -0.2) is 5.78 Å². The van der Waals surface area contributed by atoms with E-state index in [1.165, 1.54) is 16.7 Å². The summed E-state index contributed by atoms with van der Waals surface area (Å²) in [6.07, 6.45) is 2.47. The Hall–Kier alpha value is -1.37. The van der Waals surface area contributed by atoms with Crippen LogP contribution >= 0.6 is 0 Å². The zero-order chi connectivity index (χ0) is 11.7. The van der Waals surface area contributed by atoms with Crippen molar-refractivity contribution in [2.75, 3.05) is 0 Å².